The molecule has 0 radical (unpaired) electrons. The summed E-state index contributed by atoms with van der Waals surface area (Å²) in [6.07, 6.45) is 0. The Morgan fingerprint density at radius 3 is 0.828 bits per heavy atom. The third kappa shape index (κ3) is 8.02. The zero-order chi connectivity index (χ0) is 44.0. The average Bonchev–Trinajstić information content (AvgIpc) is 4.03. The van der Waals surface area contributed by atoms with Gasteiger partial charge in [0.05, 0.1) is 22.4 Å². The van der Waals surface area contributed by atoms with E-state index in [1.54, 1.807) is 0 Å². The molecule has 0 aliphatic carbocycles. The van der Waals surface area contributed by atoms with Gasteiger partial charge >= 0.3 is 0 Å². The number of hydrogen-bond acceptors (Lipinski definition) is 8. The largest absolute Gasteiger partial charge is 0.416 e. The van der Waals surface area contributed by atoms with E-state index >= 15 is 0 Å². The first-order chi connectivity index (χ1) is 30.9. The van der Waals surface area contributed by atoms with Crippen molar-refractivity contribution in [1.82, 2.24) is 30.4 Å². The Morgan fingerprint density at radius 1 is 0.297 bits per heavy atom. The number of nitrogens with zero attached hydrogens (tertiary/aromatic N) is 6. The Hall–Kier alpha value is -7.84. The molecule has 0 saturated heterocycles. The van der Waals surface area contributed by atoms with E-state index in [-0.39, 0.29) is 10.8 Å². The van der Waals surface area contributed by atoms with Crippen LogP contribution in [0.4, 0.5) is 0 Å². The van der Waals surface area contributed by atoms with Gasteiger partial charge in [-0.25, -0.2) is 9.97 Å². The molecule has 312 valence electrons. The zero-order valence-corrected chi connectivity index (χ0v) is 36.7. The molecule has 0 saturated carbocycles. The van der Waals surface area contributed by atoms with Crippen LogP contribution in [0.25, 0.3) is 102 Å². The minimum atomic E-state index is -0.0767. The summed E-state index contributed by atoms with van der Waals surface area (Å²) in [5, 5.41) is 17.1. The van der Waals surface area contributed by atoms with Gasteiger partial charge in [0.15, 0.2) is 0 Å². The van der Waals surface area contributed by atoms with E-state index < -0.39 is 0 Å². The summed E-state index contributed by atoms with van der Waals surface area (Å²) in [5.41, 5.74) is 15.6. The lowest BCUT2D eigenvalue weighted by Crippen LogP contribution is -2.22. The molecule has 3 heterocycles. The standard InChI is InChI=1S/C56H46N6O2/c1-55(2,3)45-33-47-48(34-46(45)56(4,5)6)58-50(40-27-19-36(20-28-40)38-23-31-44(32-24-38)54-62-60-52(64-54)42-15-11-8-12-16-42)49(57-47)39-25-17-35(18-26-39)37-21-29-43(30-22-37)53-61-59-51(63-53)41-13-9-7-10-14-41/h7-34H,1-6H3. The Bertz CT molecular complexity index is 3010. The number of benzene rings is 7. The van der Waals surface area contributed by atoms with Crippen LogP contribution in [0.3, 0.4) is 0 Å². The maximum Gasteiger partial charge on any atom is 0.248 e. The highest BCUT2D eigenvalue weighted by atomic mass is 16.4. The minimum Gasteiger partial charge on any atom is -0.416 e. The van der Waals surface area contributed by atoms with Crippen LogP contribution in [0.15, 0.2) is 179 Å². The molecule has 0 N–H and O–H groups in total. The zero-order valence-electron chi connectivity index (χ0n) is 36.7. The summed E-state index contributed by atoms with van der Waals surface area (Å²) < 4.78 is 12.0. The summed E-state index contributed by atoms with van der Waals surface area (Å²) >= 11 is 0. The first-order valence-corrected chi connectivity index (χ1v) is 21.5. The maximum atomic E-state index is 6.01. The van der Waals surface area contributed by atoms with E-state index in [4.69, 9.17) is 18.8 Å². The van der Waals surface area contributed by atoms with Gasteiger partial charge in [0, 0.05) is 33.4 Å². The lowest BCUT2D eigenvalue weighted by Gasteiger charge is -2.30. The fourth-order valence-corrected chi connectivity index (χ4v) is 8.07. The fraction of sp³-hybridized carbons (Fsp3) is 0.143. The Balaban J connectivity index is 0.976. The van der Waals surface area contributed by atoms with Gasteiger partial charge in [-0.15, -0.1) is 20.4 Å². The van der Waals surface area contributed by atoms with Crippen LogP contribution >= 0.6 is 0 Å². The highest BCUT2D eigenvalue weighted by Gasteiger charge is 2.27. The summed E-state index contributed by atoms with van der Waals surface area (Å²) in [6.45, 7) is 13.6. The Kier molecular flexibility index (Phi) is 10.1. The van der Waals surface area contributed by atoms with Crippen LogP contribution < -0.4 is 0 Å². The maximum absolute atomic E-state index is 6.01. The second-order valence-electron chi connectivity index (χ2n) is 18.2. The van der Waals surface area contributed by atoms with Gasteiger partial charge in [-0.05, 0) is 105 Å². The highest BCUT2D eigenvalue weighted by Crippen LogP contribution is 2.39. The molecule has 10 aromatic rings. The van der Waals surface area contributed by atoms with E-state index in [1.165, 1.54) is 11.1 Å². The molecule has 3 aromatic heterocycles. The highest BCUT2D eigenvalue weighted by molar-refractivity contribution is 5.88. The summed E-state index contributed by atoms with van der Waals surface area (Å²) in [5.74, 6) is 1.96. The van der Waals surface area contributed by atoms with Crippen molar-refractivity contribution >= 4 is 11.0 Å². The lowest BCUT2D eigenvalue weighted by atomic mass is 9.75. The first-order valence-electron chi connectivity index (χ1n) is 21.5. The second kappa shape index (κ2) is 16.1. The molecule has 0 aliphatic rings. The van der Waals surface area contributed by atoms with Gasteiger partial charge in [0.25, 0.3) is 0 Å². The fourth-order valence-electron chi connectivity index (χ4n) is 8.07. The molecule has 7 aromatic carbocycles. The monoisotopic (exact) mass is 834 g/mol. The number of rotatable bonds is 8. The SMILES string of the molecule is CC(C)(C)c1cc2nc(-c3ccc(-c4ccc(-c5nnc(-c6ccccc6)o5)cc4)cc3)c(-c3ccc(-c4ccc(-c5nnc(-c6ccccc6)o5)cc4)cc3)nc2cc1C(C)(C)C. The molecule has 64 heavy (non-hydrogen) atoms. The van der Waals surface area contributed by atoms with Crippen LogP contribution in [0.2, 0.25) is 0 Å². The molecule has 8 heteroatoms. The van der Waals surface area contributed by atoms with Crippen molar-refractivity contribution < 1.29 is 8.83 Å². The topological polar surface area (TPSA) is 104 Å². The van der Waals surface area contributed by atoms with Gasteiger partial charge in [-0.1, -0.05) is 151 Å². The number of hydrogen-bond donors (Lipinski definition) is 0. The van der Waals surface area contributed by atoms with Gasteiger partial charge in [-0.2, -0.15) is 0 Å². The van der Waals surface area contributed by atoms with Crippen molar-refractivity contribution in [3.05, 3.63) is 181 Å². The third-order valence-corrected chi connectivity index (χ3v) is 11.6. The quantitative estimate of drug-likeness (QED) is 0.149. The van der Waals surface area contributed by atoms with Crippen molar-refractivity contribution in [2.75, 3.05) is 0 Å². The van der Waals surface area contributed by atoms with Gasteiger partial charge in [0.2, 0.25) is 23.6 Å². The van der Waals surface area contributed by atoms with E-state index in [2.05, 4.69) is 147 Å². The molecule has 10 rings (SSSR count). The van der Waals surface area contributed by atoms with E-state index in [1.807, 2.05) is 84.9 Å². The lowest BCUT2D eigenvalue weighted by molar-refractivity contribution is 0.531. The molecule has 0 bridgehead atoms. The predicted molar refractivity (Wildman–Crippen MR) is 256 cm³/mol. The van der Waals surface area contributed by atoms with Gasteiger partial charge < -0.3 is 8.83 Å². The predicted octanol–water partition coefficient (Wildman–Crippen LogP) is 14.3. The molecule has 0 aliphatic heterocycles. The summed E-state index contributed by atoms with van der Waals surface area (Å²) in [6, 6.07) is 57.7. The van der Waals surface area contributed by atoms with Crippen LogP contribution in [-0.4, -0.2) is 30.4 Å². The smallest absolute Gasteiger partial charge is 0.248 e. The van der Waals surface area contributed by atoms with Crippen LogP contribution in [0.1, 0.15) is 52.7 Å². The van der Waals surface area contributed by atoms with E-state index in [0.29, 0.717) is 23.6 Å². The molecular weight excluding hydrogens is 789 g/mol. The van der Waals surface area contributed by atoms with E-state index in [9.17, 15) is 0 Å². The van der Waals surface area contributed by atoms with Crippen molar-refractivity contribution in [2.45, 2.75) is 52.4 Å². The molecule has 0 unspecified atom stereocenters. The van der Waals surface area contributed by atoms with Crippen LogP contribution in [0.5, 0.6) is 0 Å². The van der Waals surface area contributed by atoms with Crippen molar-refractivity contribution in [2.24, 2.45) is 0 Å². The van der Waals surface area contributed by atoms with Gasteiger partial charge in [0.1, 0.15) is 0 Å². The van der Waals surface area contributed by atoms with Crippen molar-refractivity contribution in [3.63, 3.8) is 0 Å². The normalized spacial score (nSPS) is 11.9. The average molecular weight is 835 g/mol. The number of aromatic nitrogens is 6. The minimum absolute atomic E-state index is 0.0767. The van der Waals surface area contributed by atoms with Gasteiger partial charge in [-0.3, -0.25) is 0 Å². The van der Waals surface area contributed by atoms with Crippen LogP contribution in [-0.2, 0) is 10.8 Å². The summed E-state index contributed by atoms with van der Waals surface area (Å²) in [4.78, 5) is 10.8. The molecule has 8 nitrogen and oxygen atoms in total. The summed E-state index contributed by atoms with van der Waals surface area (Å²) in [7, 11) is 0. The van der Waals surface area contributed by atoms with Crippen molar-refractivity contribution in [3.8, 4) is 90.6 Å². The molecule has 0 fully saturated rings. The second-order valence-corrected chi connectivity index (χ2v) is 18.2. The third-order valence-electron chi connectivity index (χ3n) is 11.6. The molecule has 0 atom stereocenters. The first kappa shape index (κ1) is 40.2. The molecular formula is C56H46N6O2. The van der Waals surface area contributed by atoms with E-state index in [0.717, 1.165) is 78.1 Å². The van der Waals surface area contributed by atoms with Crippen molar-refractivity contribution in [1.29, 1.82) is 0 Å². The Labute approximate surface area is 372 Å². The van der Waals surface area contributed by atoms with Crippen LogP contribution in [0, 0.1) is 0 Å². The molecule has 0 amide bonds. The molecule has 0 spiro atoms. The number of fused-ring (bicyclic) bond motifs is 1. The Morgan fingerprint density at radius 2 is 0.547 bits per heavy atom.